The summed E-state index contributed by atoms with van der Waals surface area (Å²) in [6.07, 6.45) is 2.22. The van der Waals surface area contributed by atoms with Gasteiger partial charge in [0.25, 0.3) is 0 Å². The molecule has 8 heteroatoms. The number of carbonyl (C=O) groups is 1. The van der Waals surface area contributed by atoms with Crippen LogP contribution in [0.4, 0.5) is 5.69 Å². The summed E-state index contributed by atoms with van der Waals surface area (Å²) in [6.45, 7) is 1.85. The predicted octanol–water partition coefficient (Wildman–Crippen LogP) is 2.52. The highest BCUT2D eigenvalue weighted by atomic mass is 32.2. The highest BCUT2D eigenvalue weighted by Gasteiger charge is 2.27. The number of hydrogen-bond acceptors (Lipinski definition) is 5. The molecule has 1 aliphatic rings. The van der Waals surface area contributed by atoms with E-state index in [1.165, 1.54) is 6.07 Å². The number of nitrogens with zero attached hydrogens (tertiary/aromatic N) is 2. The molecule has 0 aliphatic carbocycles. The van der Waals surface area contributed by atoms with Gasteiger partial charge in [-0.25, -0.2) is 13.6 Å². The molecule has 0 saturated carbocycles. The van der Waals surface area contributed by atoms with Crippen molar-refractivity contribution >= 4 is 21.6 Å². The molecule has 1 aromatic heterocycles. The SMILES string of the molecule is NS(=O)(=O)c1ccc2c(c1)CCN2C(=O)CN(Cc1ccccc1)Cc1ccco1. The normalized spacial score (nSPS) is 13.6. The maximum atomic E-state index is 13.1. The third kappa shape index (κ3) is 4.62. The minimum atomic E-state index is -3.77. The zero-order chi connectivity index (χ0) is 21.1. The summed E-state index contributed by atoms with van der Waals surface area (Å²) in [6, 6.07) is 18.4. The molecule has 30 heavy (non-hydrogen) atoms. The van der Waals surface area contributed by atoms with E-state index >= 15 is 0 Å². The molecular formula is C22H23N3O4S. The Bertz CT molecular complexity index is 1130. The fourth-order valence-electron chi connectivity index (χ4n) is 3.72. The van der Waals surface area contributed by atoms with Gasteiger partial charge < -0.3 is 9.32 Å². The number of furan rings is 1. The van der Waals surface area contributed by atoms with Gasteiger partial charge in [0.15, 0.2) is 0 Å². The summed E-state index contributed by atoms with van der Waals surface area (Å²) in [7, 11) is -3.77. The van der Waals surface area contributed by atoms with E-state index in [9.17, 15) is 13.2 Å². The third-order valence-corrected chi connectivity index (χ3v) is 6.05. The first-order valence-electron chi connectivity index (χ1n) is 9.65. The van der Waals surface area contributed by atoms with E-state index in [1.807, 2.05) is 47.4 Å². The summed E-state index contributed by atoms with van der Waals surface area (Å²) in [5.74, 6) is 0.748. The molecular weight excluding hydrogens is 402 g/mol. The van der Waals surface area contributed by atoms with Crippen LogP contribution in [0, 0.1) is 0 Å². The maximum Gasteiger partial charge on any atom is 0.241 e. The van der Waals surface area contributed by atoms with Crippen molar-refractivity contribution in [3.05, 3.63) is 83.8 Å². The molecule has 0 spiro atoms. The monoisotopic (exact) mass is 425 g/mol. The number of sulfonamides is 1. The lowest BCUT2D eigenvalue weighted by atomic mass is 10.2. The highest BCUT2D eigenvalue weighted by molar-refractivity contribution is 7.89. The van der Waals surface area contributed by atoms with Crippen molar-refractivity contribution in [1.29, 1.82) is 0 Å². The quantitative estimate of drug-likeness (QED) is 0.627. The highest BCUT2D eigenvalue weighted by Crippen LogP contribution is 2.30. The third-order valence-electron chi connectivity index (χ3n) is 5.14. The Morgan fingerprint density at radius 2 is 1.87 bits per heavy atom. The van der Waals surface area contributed by atoms with Crippen molar-refractivity contribution in [2.24, 2.45) is 5.14 Å². The van der Waals surface area contributed by atoms with Crippen molar-refractivity contribution in [3.63, 3.8) is 0 Å². The second kappa shape index (κ2) is 8.43. The van der Waals surface area contributed by atoms with Crippen LogP contribution in [0.2, 0.25) is 0 Å². The Balaban J connectivity index is 1.52. The predicted molar refractivity (Wildman–Crippen MR) is 113 cm³/mol. The molecule has 0 saturated heterocycles. The van der Waals surface area contributed by atoms with Crippen LogP contribution >= 0.6 is 0 Å². The van der Waals surface area contributed by atoms with Gasteiger partial charge in [-0.2, -0.15) is 0 Å². The molecule has 0 unspecified atom stereocenters. The molecule has 1 aliphatic heterocycles. The van der Waals surface area contributed by atoms with Crippen LogP contribution in [0.3, 0.4) is 0 Å². The molecule has 2 aromatic carbocycles. The van der Waals surface area contributed by atoms with Crippen molar-refractivity contribution < 1.29 is 17.6 Å². The second-order valence-corrected chi connectivity index (χ2v) is 8.90. The molecule has 3 aromatic rings. The Kier molecular flexibility index (Phi) is 5.72. The van der Waals surface area contributed by atoms with E-state index in [4.69, 9.17) is 9.56 Å². The standard InChI is InChI=1S/C22H23N3O4S/c23-30(27,28)20-8-9-21-18(13-20)10-11-25(21)22(26)16-24(15-19-7-4-12-29-19)14-17-5-2-1-3-6-17/h1-9,12-13H,10-11,14-16H2,(H2,23,27,28). The van der Waals surface area contributed by atoms with Gasteiger partial charge in [-0.05, 0) is 47.9 Å². The topological polar surface area (TPSA) is 96.8 Å². The average Bonchev–Trinajstić information content (AvgIpc) is 3.37. The zero-order valence-electron chi connectivity index (χ0n) is 16.4. The van der Waals surface area contributed by atoms with Crippen LogP contribution in [-0.2, 0) is 34.3 Å². The van der Waals surface area contributed by atoms with E-state index in [0.717, 1.165) is 22.6 Å². The fraction of sp³-hybridized carbons (Fsp3) is 0.227. The van der Waals surface area contributed by atoms with E-state index < -0.39 is 10.0 Å². The Morgan fingerprint density at radius 1 is 1.07 bits per heavy atom. The van der Waals surface area contributed by atoms with E-state index in [1.54, 1.807) is 23.3 Å². The minimum Gasteiger partial charge on any atom is -0.468 e. The van der Waals surface area contributed by atoms with Gasteiger partial charge in [0.2, 0.25) is 15.9 Å². The van der Waals surface area contributed by atoms with Gasteiger partial charge in [-0.3, -0.25) is 9.69 Å². The van der Waals surface area contributed by atoms with Crippen LogP contribution in [0.1, 0.15) is 16.9 Å². The summed E-state index contributed by atoms with van der Waals surface area (Å²) >= 11 is 0. The molecule has 0 radical (unpaired) electrons. The largest absolute Gasteiger partial charge is 0.468 e. The summed E-state index contributed by atoms with van der Waals surface area (Å²) in [5, 5.41) is 5.23. The number of hydrogen-bond donors (Lipinski definition) is 1. The van der Waals surface area contributed by atoms with Crippen LogP contribution in [0.25, 0.3) is 0 Å². The summed E-state index contributed by atoms with van der Waals surface area (Å²) < 4.78 is 28.7. The maximum absolute atomic E-state index is 13.1. The first-order valence-corrected chi connectivity index (χ1v) is 11.2. The molecule has 1 amide bonds. The van der Waals surface area contributed by atoms with Crippen LogP contribution in [-0.4, -0.2) is 32.3 Å². The molecule has 0 fully saturated rings. The van der Waals surface area contributed by atoms with Crippen molar-refractivity contribution in [2.75, 3.05) is 18.0 Å². The van der Waals surface area contributed by atoms with Crippen LogP contribution < -0.4 is 10.0 Å². The second-order valence-electron chi connectivity index (χ2n) is 7.34. The number of fused-ring (bicyclic) bond motifs is 1. The van der Waals surface area contributed by atoms with E-state index in [0.29, 0.717) is 26.1 Å². The van der Waals surface area contributed by atoms with E-state index in [2.05, 4.69) is 0 Å². The van der Waals surface area contributed by atoms with Crippen molar-refractivity contribution in [1.82, 2.24) is 4.90 Å². The lowest BCUT2D eigenvalue weighted by molar-refractivity contribution is -0.120. The van der Waals surface area contributed by atoms with Crippen LogP contribution in [0.5, 0.6) is 0 Å². The molecule has 2 N–H and O–H groups in total. The lowest BCUT2D eigenvalue weighted by Gasteiger charge is -2.25. The lowest BCUT2D eigenvalue weighted by Crippen LogP contribution is -2.39. The first kappa shape index (κ1) is 20.3. The van der Waals surface area contributed by atoms with Gasteiger partial charge in [0.05, 0.1) is 24.2 Å². The Morgan fingerprint density at radius 3 is 2.57 bits per heavy atom. The molecule has 4 rings (SSSR count). The fourth-order valence-corrected chi connectivity index (χ4v) is 4.29. The van der Waals surface area contributed by atoms with Gasteiger partial charge in [0, 0.05) is 18.8 Å². The van der Waals surface area contributed by atoms with Crippen LogP contribution in [0.15, 0.2) is 76.2 Å². The number of carbonyl (C=O) groups excluding carboxylic acids is 1. The number of benzene rings is 2. The Hall–Kier alpha value is -2.94. The number of amides is 1. The minimum absolute atomic E-state index is 0.0420. The molecule has 0 bridgehead atoms. The van der Waals surface area contributed by atoms with Crippen molar-refractivity contribution in [2.45, 2.75) is 24.4 Å². The van der Waals surface area contributed by atoms with Crippen molar-refractivity contribution in [3.8, 4) is 0 Å². The average molecular weight is 426 g/mol. The number of nitrogens with two attached hydrogens (primary N) is 1. The molecule has 2 heterocycles. The van der Waals surface area contributed by atoms with Gasteiger partial charge in [-0.1, -0.05) is 30.3 Å². The Labute approximate surface area is 175 Å². The van der Waals surface area contributed by atoms with Gasteiger partial charge in [-0.15, -0.1) is 0 Å². The first-order chi connectivity index (χ1) is 14.4. The number of primary sulfonamides is 1. The smallest absolute Gasteiger partial charge is 0.241 e. The number of anilines is 1. The molecule has 7 nitrogen and oxygen atoms in total. The summed E-state index contributed by atoms with van der Waals surface area (Å²) in [4.78, 5) is 16.9. The molecule has 0 atom stereocenters. The van der Waals surface area contributed by atoms with E-state index in [-0.39, 0.29) is 17.3 Å². The number of rotatable bonds is 7. The zero-order valence-corrected chi connectivity index (χ0v) is 17.2. The molecule has 156 valence electrons. The summed E-state index contributed by atoms with van der Waals surface area (Å²) in [5.41, 5.74) is 2.66. The van der Waals surface area contributed by atoms with Gasteiger partial charge >= 0.3 is 0 Å². The van der Waals surface area contributed by atoms with Gasteiger partial charge in [0.1, 0.15) is 5.76 Å².